The van der Waals surface area contributed by atoms with E-state index in [0.29, 0.717) is 12.8 Å². The van der Waals surface area contributed by atoms with Crippen molar-refractivity contribution in [3.63, 3.8) is 0 Å². The number of rotatable bonds is 7. The molecule has 0 bridgehead atoms. The molecule has 0 unspecified atom stereocenters. The van der Waals surface area contributed by atoms with Crippen molar-refractivity contribution in [3.8, 4) is 5.75 Å². The van der Waals surface area contributed by atoms with Crippen LogP contribution in [0.25, 0.3) is 10.9 Å². The molecule has 0 aliphatic heterocycles. The lowest BCUT2D eigenvalue weighted by atomic mass is 10.1. The minimum atomic E-state index is -0.985. The van der Waals surface area contributed by atoms with Crippen molar-refractivity contribution in [1.82, 2.24) is 4.57 Å². The molecule has 1 aromatic heterocycles. The molecule has 30 heavy (non-hydrogen) atoms. The van der Waals surface area contributed by atoms with Gasteiger partial charge in [-0.2, -0.15) is 0 Å². The van der Waals surface area contributed by atoms with E-state index in [0.717, 1.165) is 27.8 Å². The second-order valence-corrected chi connectivity index (χ2v) is 6.93. The van der Waals surface area contributed by atoms with Crippen LogP contribution in [0.2, 0.25) is 0 Å². The van der Waals surface area contributed by atoms with Crippen LogP contribution in [-0.4, -0.2) is 45.9 Å². The number of nitrogens with zero attached hydrogens (tertiary/aromatic N) is 1. The number of aliphatic carboxylic acids is 2. The van der Waals surface area contributed by atoms with E-state index >= 15 is 0 Å². The van der Waals surface area contributed by atoms with E-state index in [2.05, 4.69) is 0 Å². The Morgan fingerprint density at radius 1 is 0.967 bits per heavy atom. The topological polar surface area (TPSA) is 141 Å². The standard InChI is InChI=1S/C12H14N2O2.C10H13NO3/c1-14-7-8(6-10(13)12(15)16)9-4-2-3-5-11(9)14;1-14-8-4-2-7(3-5-8)6-9(11)10(12)13/h2-5,7,10H,6,13H2,1H3,(H,15,16);2-5,9H,6,11H2,1H3,(H,12,13)/t10-;9-/m11/s1. The minimum Gasteiger partial charge on any atom is -0.497 e. The zero-order chi connectivity index (χ0) is 22.3. The Morgan fingerprint density at radius 3 is 2.10 bits per heavy atom. The zero-order valence-electron chi connectivity index (χ0n) is 17.0. The molecule has 0 aliphatic rings. The highest BCUT2D eigenvalue weighted by Crippen LogP contribution is 2.21. The molecule has 0 saturated heterocycles. The molecular formula is C22H27N3O5. The molecular weight excluding hydrogens is 386 g/mol. The Hall–Kier alpha value is -3.36. The third-order valence-electron chi connectivity index (χ3n) is 4.67. The van der Waals surface area contributed by atoms with Gasteiger partial charge in [-0.05, 0) is 35.7 Å². The van der Waals surface area contributed by atoms with E-state index in [-0.39, 0.29) is 0 Å². The number of ether oxygens (including phenoxy) is 1. The van der Waals surface area contributed by atoms with Gasteiger partial charge in [-0.25, -0.2) is 0 Å². The first-order chi connectivity index (χ1) is 14.2. The van der Waals surface area contributed by atoms with E-state index < -0.39 is 24.0 Å². The monoisotopic (exact) mass is 413 g/mol. The number of nitrogens with two attached hydrogens (primary N) is 2. The lowest BCUT2D eigenvalue weighted by Gasteiger charge is -2.06. The fourth-order valence-electron chi connectivity index (χ4n) is 3.02. The van der Waals surface area contributed by atoms with Crippen molar-refractivity contribution in [2.24, 2.45) is 18.5 Å². The Morgan fingerprint density at radius 2 is 1.53 bits per heavy atom. The number of fused-ring (bicyclic) bond motifs is 1. The highest BCUT2D eigenvalue weighted by atomic mass is 16.5. The summed E-state index contributed by atoms with van der Waals surface area (Å²) in [6.07, 6.45) is 2.63. The molecule has 160 valence electrons. The van der Waals surface area contributed by atoms with E-state index in [1.165, 1.54) is 0 Å². The molecule has 8 heteroatoms. The van der Waals surface area contributed by atoms with Gasteiger partial charge in [0.1, 0.15) is 17.8 Å². The summed E-state index contributed by atoms with van der Waals surface area (Å²) in [6.45, 7) is 0. The van der Waals surface area contributed by atoms with Gasteiger partial charge in [-0.15, -0.1) is 0 Å². The molecule has 3 rings (SSSR count). The molecule has 2 aromatic carbocycles. The predicted octanol–water partition coefficient (Wildman–Crippen LogP) is 1.78. The van der Waals surface area contributed by atoms with Crippen LogP contribution in [0, 0.1) is 0 Å². The molecule has 0 aliphatic carbocycles. The minimum absolute atomic E-state index is 0.333. The normalized spacial score (nSPS) is 12.5. The predicted molar refractivity (Wildman–Crippen MR) is 115 cm³/mol. The second-order valence-electron chi connectivity index (χ2n) is 6.93. The van der Waals surface area contributed by atoms with Crippen LogP contribution in [0.5, 0.6) is 5.75 Å². The number of methoxy groups -OCH3 is 1. The molecule has 3 aromatic rings. The zero-order valence-corrected chi connectivity index (χ0v) is 17.0. The van der Waals surface area contributed by atoms with Gasteiger partial charge in [0, 0.05) is 30.6 Å². The molecule has 0 saturated carbocycles. The summed E-state index contributed by atoms with van der Waals surface area (Å²) in [5.41, 5.74) is 13.9. The van der Waals surface area contributed by atoms with Gasteiger partial charge >= 0.3 is 11.9 Å². The molecule has 1 heterocycles. The van der Waals surface area contributed by atoms with Crippen molar-refractivity contribution in [1.29, 1.82) is 0 Å². The summed E-state index contributed by atoms with van der Waals surface area (Å²) in [6, 6.07) is 13.4. The first-order valence-corrected chi connectivity index (χ1v) is 9.35. The number of hydrogen-bond acceptors (Lipinski definition) is 5. The molecule has 6 N–H and O–H groups in total. The van der Waals surface area contributed by atoms with Crippen molar-refractivity contribution in [3.05, 3.63) is 65.9 Å². The van der Waals surface area contributed by atoms with Crippen molar-refractivity contribution in [2.75, 3.05) is 7.11 Å². The number of para-hydroxylation sites is 1. The Labute approximate surface area is 174 Å². The maximum Gasteiger partial charge on any atom is 0.320 e. The second kappa shape index (κ2) is 10.4. The SMILES string of the molecule is COc1ccc(C[C@@H](N)C(=O)O)cc1.Cn1cc(C[C@@H](N)C(=O)O)c2ccccc21. The lowest BCUT2D eigenvalue weighted by Crippen LogP contribution is -2.32. The molecule has 0 spiro atoms. The highest BCUT2D eigenvalue weighted by Gasteiger charge is 2.15. The quantitative estimate of drug-likeness (QED) is 0.463. The molecule has 8 nitrogen and oxygen atoms in total. The van der Waals surface area contributed by atoms with Crippen LogP contribution < -0.4 is 16.2 Å². The Bertz CT molecular complexity index is 998. The number of carboxylic acids is 2. The van der Waals surface area contributed by atoms with E-state index in [1.54, 1.807) is 19.2 Å². The fraction of sp³-hybridized carbons (Fsp3) is 0.273. The summed E-state index contributed by atoms with van der Waals surface area (Å²) in [5.74, 6) is -1.20. The first-order valence-electron chi connectivity index (χ1n) is 9.35. The third kappa shape index (κ3) is 6.07. The van der Waals surface area contributed by atoms with Crippen LogP contribution >= 0.6 is 0 Å². The van der Waals surface area contributed by atoms with E-state index in [9.17, 15) is 9.59 Å². The highest BCUT2D eigenvalue weighted by molar-refractivity contribution is 5.85. The maximum atomic E-state index is 10.7. The molecule has 0 fully saturated rings. The smallest absolute Gasteiger partial charge is 0.320 e. The fourth-order valence-corrected chi connectivity index (χ4v) is 3.02. The summed E-state index contributed by atoms with van der Waals surface area (Å²) in [5, 5.41) is 18.5. The number of carbonyl (C=O) groups is 2. The van der Waals surface area contributed by atoms with Crippen LogP contribution in [0.4, 0.5) is 0 Å². The van der Waals surface area contributed by atoms with E-state index in [4.69, 9.17) is 26.4 Å². The number of carboxylic acid groups (broad SMARTS) is 2. The van der Waals surface area contributed by atoms with Gasteiger partial charge in [0.25, 0.3) is 0 Å². The van der Waals surface area contributed by atoms with Crippen molar-refractivity contribution in [2.45, 2.75) is 24.9 Å². The van der Waals surface area contributed by atoms with Gasteiger partial charge in [0.2, 0.25) is 0 Å². The average molecular weight is 413 g/mol. The van der Waals surface area contributed by atoms with E-state index in [1.807, 2.05) is 54.2 Å². The largest absolute Gasteiger partial charge is 0.497 e. The summed E-state index contributed by atoms with van der Waals surface area (Å²) in [4.78, 5) is 21.2. The average Bonchev–Trinajstić information content (AvgIpc) is 3.04. The lowest BCUT2D eigenvalue weighted by molar-refractivity contribution is -0.139. The van der Waals surface area contributed by atoms with Crippen LogP contribution in [0.1, 0.15) is 11.1 Å². The van der Waals surface area contributed by atoms with Crippen molar-refractivity contribution < 1.29 is 24.5 Å². The van der Waals surface area contributed by atoms with Gasteiger partial charge in [0.05, 0.1) is 7.11 Å². The van der Waals surface area contributed by atoms with Gasteiger partial charge in [-0.3, -0.25) is 9.59 Å². The van der Waals surface area contributed by atoms with Crippen molar-refractivity contribution >= 4 is 22.8 Å². The number of aryl methyl sites for hydroxylation is 1. The van der Waals surface area contributed by atoms with Crippen LogP contribution in [0.15, 0.2) is 54.7 Å². The Kier molecular flexibility index (Phi) is 7.97. The van der Waals surface area contributed by atoms with Crippen LogP contribution in [0.3, 0.4) is 0 Å². The number of aromatic nitrogens is 1. The van der Waals surface area contributed by atoms with Gasteiger partial charge in [-0.1, -0.05) is 30.3 Å². The third-order valence-corrected chi connectivity index (χ3v) is 4.67. The summed E-state index contributed by atoms with van der Waals surface area (Å²) in [7, 11) is 3.52. The number of hydrogen-bond donors (Lipinski definition) is 4. The Balaban J connectivity index is 0.000000216. The van der Waals surface area contributed by atoms with Gasteiger partial charge < -0.3 is 31.0 Å². The number of benzene rings is 2. The van der Waals surface area contributed by atoms with Gasteiger partial charge in [0.15, 0.2) is 0 Å². The van der Waals surface area contributed by atoms with Crippen LogP contribution in [-0.2, 0) is 29.5 Å². The summed E-state index contributed by atoms with van der Waals surface area (Å²) < 4.78 is 6.96. The molecule has 0 radical (unpaired) electrons. The maximum absolute atomic E-state index is 10.7. The molecule has 0 amide bonds. The molecule has 2 atom stereocenters. The first kappa shape index (κ1) is 22.9. The summed E-state index contributed by atoms with van der Waals surface area (Å²) >= 11 is 0.